The minimum atomic E-state index is 0. The van der Waals surface area contributed by atoms with Gasteiger partial charge in [0.15, 0.2) is 11.8 Å². The third kappa shape index (κ3) is 5.55. The molecular formula is C18H33IN6O. The average molecular weight is 476 g/mol. The minimum Gasteiger partial charge on any atom is -0.376 e. The van der Waals surface area contributed by atoms with Crippen LogP contribution in [-0.4, -0.2) is 58.0 Å². The van der Waals surface area contributed by atoms with E-state index < -0.39 is 0 Å². The number of nitrogens with one attached hydrogen (secondary N) is 1. The Bertz CT molecular complexity index is 589. The van der Waals surface area contributed by atoms with Gasteiger partial charge in [-0.1, -0.05) is 13.8 Å². The normalized spacial score (nSPS) is 26.7. The second kappa shape index (κ2) is 9.87. The number of rotatable bonds is 4. The summed E-state index contributed by atoms with van der Waals surface area (Å²) < 4.78 is 7.76. The van der Waals surface area contributed by atoms with Gasteiger partial charge in [0.1, 0.15) is 12.4 Å². The molecule has 3 atom stereocenters. The molecule has 3 heterocycles. The standard InChI is InChI=1S/C18H32N6O.HI/c1-13-8-14(2)12-24(11-13)18(19-9-16-6-5-7-25-16)20-10-17-22-21-15(3)23(17)4;/h13-14,16H,5-12H2,1-4H3,(H,19,20);1H. The topological polar surface area (TPSA) is 67.6 Å². The first-order chi connectivity index (χ1) is 12.0. The van der Waals surface area contributed by atoms with Crippen LogP contribution in [0.5, 0.6) is 0 Å². The molecule has 2 saturated heterocycles. The van der Waals surface area contributed by atoms with E-state index in [1.54, 1.807) is 0 Å². The fourth-order valence-electron chi connectivity index (χ4n) is 3.85. The Balaban J connectivity index is 0.00000243. The number of hydrogen-bond acceptors (Lipinski definition) is 4. The fraction of sp³-hybridized carbons (Fsp3) is 0.833. The fourth-order valence-corrected chi connectivity index (χ4v) is 3.85. The lowest BCUT2D eigenvalue weighted by molar-refractivity contribution is 0.112. The molecule has 3 rings (SSSR count). The Morgan fingerprint density at radius 2 is 2.00 bits per heavy atom. The summed E-state index contributed by atoms with van der Waals surface area (Å²) in [7, 11) is 1.99. The molecule has 0 aromatic carbocycles. The molecule has 8 heteroatoms. The van der Waals surface area contributed by atoms with Crippen LogP contribution in [-0.2, 0) is 18.3 Å². The number of nitrogens with zero attached hydrogens (tertiary/aromatic N) is 5. The van der Waals surface area contributed by atoms with E-state index in [2.05, 4.69) is 34.3 Å². The van der Waals surface area contributed by atoms with Gasteiger partial charge in [-0.2, -0.15) is 0 Å². The van der Waals surface area contributed by atoms with Gasteiger partial charge in [0.2, 0.25) is 0 Å². The summed E-state index contributed by atoms with van der Waals surface area (Å²) in [5, 5.41) is 11.9. The van der Waals surface area contributed by atoms with Crippen LogP contribution in [0.25, 0.3) is 0 Å². The number of aromatic nitrogens is 3. The molecule has 0 radical (unpaired) electrons. The molecule has 2 aliphatic rings. The number of halogens is 1. The number of hydrogen-bond donors (Lipinski definition) is 1. The zero-order valence-electron chi connectivity index (χ0n) is 16.4. The second-order valence-electron chi connectivity index (χ2n) is 7.73. The number of aliphatic imine (C=N–C) groups is 1. The third-order valence-corrected chi connectivity index (χ3v) is 5.23. The highest BCUT2D eigenvalue weighted by Gasteiger charge is 2.25. The van der Waals surface area contributed by atoms with Crippen LogP contribution in [0, 0.1) is 18.8 Å². The molecule has 0 amide bonds. The van der Waals surface area contributed by atoms with Crippen molar-refractivity contribution in [3.63, 3.8) is 0 Å². The van der Waals surface area contributed by atoms with Crippen LogP contribution in [0.15, 0.2) is 4.99 Å². The number of guanidine groups is 1. The quantitative estimate of drug-likeness (QED) is 0.411. The van der Waals surface area contributed by atoms with Gasteiger partial charge in [0.05, 0.1) is 6.10 Å². The lowest BCUT2D eigenvalue weighted by Crippen LogP contribution is -2.50. The van der Waals surface area contributed by atoms with Crippen molar-refractivity contribution >= 4 is 29.9 Å². The van der Waals surface area contributed by atoms with E-state index in [4.69, 9.17) is 9.73 Å². The first-order valence-electron chi connectivity index (χ1n) is 9.52. The molecule has 7 nitrogen and oxygen atoms in total. The smallest absolute Gasteiger partial charge is 0.194 e. The summed E-state index contributed by atoms with van der Waals surface area (Å²) in [6.07, 6.45) is 3.89. The largest absolute Gasteiger partial charge is 0.376 e. The van der Waals surface area contributed by atoms with Crippen molar-refractivity contribution in [2.75, 3.05) is 26.2 Å². The molecule has 0 aliphatic carbocycles. The minimum absolute atomic E-state index is 0. The number of ether oxygens (including phenoxy) is 1. The molecule has 0 bridgehead atoms. The molecule has 26 heavy (non-hydrogen) atoms. The maximum atomic E-state index is 5.76. The lowest BCUT2D eigenvalue weighted by Gasteiger charge is -2.37. The molecule has 3 unspecified atom stereocenters. The van der Waals surface area contributed by atoms with Gasteiger partial charge < -0.3 is 19.5 Å². The molecule has 148 valence electrons. The third-order valence-electron chi connectivity index (χ3n) is 5.23. The maximum Gasteiger partial charge on any atom is 0.194 e. The lowest BCUT2D eigenvalue weighted by atomic mass is 9.92. The van der Waals surface area contributed by atoms with Gasteiger partial charge in [-0.3, -0.25) is 0 Å². The van der Waals surface area contributed by atoms with Crippen LogP contribution in [0.1, 0.15) is 44.8 Å². The second-order valence-corrected chi connectivity index (χ2v) is 7.73. The van der Waals surface area contributed by atoms with Crippen molar-refractivity contribution in [3.05, 3.63) is 11.6 Å². The summed E-state index contributed by atoms with van der Waals surface area (Å²) in [5.41, 5.74) is 0. The van der Waals surface area contributed by atoms with Gasteiger partial charge in [-0.15, -0.1) is 34.2 Å². The average Bonchev–Trinajstić information content (AvgIpc) is 3.19. The monoisotopic (exact) mass is 476 g/mol. The summed E-state index contributed by atoms with van der Waals surface area (Å²) in [4.78, 5) is 7.27. The van der Waals surface area contributed by atoms with Crippen molar-refractivity contribution in [1.29, 1.82) is 0 Å². The molecule has 1 aromatic heterocycles. The number of piperidine rings is 1. The van der Waals surface area contributed by atoms with Crippen molar-refractivity contribution in [3.8, 4) is 0 Å². The SMILES string of the molecule is Cc1nnc(CN=C(NCC2CCCO2)N2CC(C)CC(C)C2)n1C.I. The Morgan fingerprint density at radius 1 is 1.27 bits per heavy atom. The molecule has 0 spiro atoms. The van der Waals surface area contributed by atoms with Crippen LogP contribution in [0.4, 0.5) is 0 Å². The first kappa shape index (κ1) is 21.4. The van der Waals surface area contributed by atoms with E-state index >= 15 is 0 Å². The summed E-state index contributed by atoms with van der Waals surface area (Å²) in [5.74, 6) is 4.17. The molecule has 1 N–H and O–H groups in total. The summed E-state index contributed by atoms with van der Waals surface area (Å²) in [6.45, 7) is 11.0. The highest BCUT2D eigenvalue weighted by molar-refractivity contribution is 14.0. The van der Waals surface area contributed by atoms with Gasteiger partial charge in [-0.25, -0.2) is 4.99 Å². The van der Waals surface area contributed by atoms with E-state index in [1.165, 1.54) is 6.42 Å². The molecule has 1 aromatic rings. The Morgan fingerprint density at radius 3 is 2.58 bits per heavy atom. The van der Waals surface area contributed by atoms with Crippen LogP contribution >= 0.6 is 24.0 Å². The Kier molecular flexibility index (Phi) is 8.12. The van der Waals surface area contributed by atoms with Gasteiger partial charge in [-0.05, 0) is 38.0 Å². The zero-order chi connectivity index (χ0) is 17.8. The van der Waals surface area contributed by atoms with Gasteiger partial charge in [0.25, 0.3) is 0 Å². The van der Waals surface area contributed by atoms with Crippen LogP contribution < -0.4 is 5.32 Å². The highest BCUT2D eigenvalue weighted by atomic mass is 127. The summed E-state index contributed by atoms with van der Waals surface area (Å²) in [6, 6.07) is 0. The predicted octanol–water partition coefficient (Wildman–Crippen LogP) is 2.34. The van der Waals surface area contributed by atoms with Crippen molar-refractivity contribution < 1.29 is 4.74 Å². The molecule has 2 fully saturated rings. The van der Waals surface area contributed by atoms with Crippen LogP contribution in [0.2, 0.25) is 0 Å². The zero-order valence-corrected chi connectivity index (χ0v) is 18.8. The Labute approximate surface area is 174 Å². The van der Waals surface area contributed by atoms with E-state index in [-0.39, 0.29) is 24.0 Å². The van der Waals surface area contributed by atoms with E-state index in [9.17, 15) is 0 Å². The van der Waals surface area contributed by atoms with E-state index in [0.29, 0.717) is 24.5 Å². The van der Waals surface area contributed by atoms with Crippen molar-refractivity contribution in [2.45, 2.75) is 52.7 Å². The molecule has 0 saturated carbocycles. The van der Waals surface area contributed by atoms with Crippen LogP contribution in [0.3, 0.4) is 0 Å². The number of aryl methyl sites for hydroxylation is 1. The highest BCUT2D eigenvalue weighted by Crippen LogP contribution is 2.21. The first-order valence-corrected chi connectivity index (χ1v) is 9.52. The Hall–Kier alpha value is -0.900. The van der Waals surface area contributed by atoms with E-state index in [0.717, 1.165) is 56.7 Å². The van der Waals surface area contributed by atoms with Crippen molar-refractivity contribution in [2.24, 2.45) is 23.9 Å². The number of likely N-dealkylation sites (tertiary alicyclic amines) is 1. The van der Waals surface area contributed by atoms with E-state index in [1.807, 2.05) is 18.5 Å². The molecule has 2 aliphatic heterocycles. The predicted molar refractivity (Wildman–Crippen MR) is 114 cm³/mol. The summed E-state index contributed by atoms with van der Waals surface area (Å²) >= 11 is 0. The maximum absolute atomic E-state index is 5.76. The molecular weight excluding hydrogens is 443 g/mol. The van der Waals surface area contributed by atoms with Gasteiger partial charge in [0, 0.05) is 33.3 Å². The van der Waals surface area contributed by atoms with Crippen molar-refractivity contribution in [1.82, 2.24) is 25.0 Å². The van der Waals surface area contributed by atoms with Gasteiger partial charge >= 0.3 is 0 Å².